The molecule has 0 aromatic carbocycles. The van der Waals surface area contributed by atoms with Gasteiger partial charge in [-0.15, -0.1) is 12.4 Å². The second kappa shape index (κ2) is 6.22. The van der Waals surface area contributed by atoms with E-state index in [-0.39, 0.29) is 24.4 Å². The van der Waals surface area contributed by atoms with Crippen molar-refractivity contribution in [2.45, 2.75) is 64.2 Å². The van der Waals surface area contributed by atoms with E-state index in [1.165, 1.54) is 12.8 Å². The molecule has 2 heterocycles. The maximum atomic E-state index is 12.0. The molecule has 1 amide bonds. The van der Waals surface area contributed by atoms with Crippen molar-refractivity contribution in [1.82, 2.24) is 9.80 Å². The van der Waals surface area contributed by atoms with Crippen molar-refractivity contribution in [2.24, 2.45) is 5.73 Å². The Kier molecular flexibility index (Phi) is 5.44. The van der Waals surface area contributed by atoms with Crippen molar-refractivity contribution in [3.05, 3.63) is 0 Å². The van der Waals surface area contributed by atoms with Gasteiger partial charge in [0.2, 0.25) is 5.91 Å². The molecular formula is C13H26ClN3O. The molecule has 18 heavy (non-hydrogen) atoms. The average molecular weight is 276 g/mol. The minimum absolute atomic E-state index is 0. The number of amides is 1. The largest absolute Gasteiger partial charge is 0.340 e. The summed E-state index contributed by atoms with van der Waals surface area (Å²) in [4.78, 5) is 16.6. The fourth-order valence-corrected chi connectivity index (χ4v) is 3.44. The van der Waals surface area contributed by atoms with E-state index < -0.39 is 0 Å². The molecule has 2 rings (SSSR count). The van der Waals surface area contributed by atoms with Crippen molar-refractivity contribution in [2.75, 3.05) is 13.1 Å². The summed E-state index contributed by atoms with van der Waals surface area (Å²) in [6.07, 6.45) is 3.63. The molecule has 3 atom stereocenters. The number of hydrogen-bond donors (Lipinski definition) is 1. The van der Waals surface area contributed by atoms with Gasteiger partial charge in [-0.2, -0.15) is 0 Å². The summed E-state index contributed by atoms with van der Waals surface area (Å²) < 4.78 is 0. The fourth-order valence-electron chi connectivity index (χ4n) is 3.44. The molecular weight excluding hydrogens is 250 g/mol. The molecule has 0 saturated carbocycles. The number of carbonyl (C=O) groups excluding carboxylic acids is 1. The van der Waals surface area contributed by atoms with E-state index in [2.05, 4.69) is 18.7 Å². The van der Waals surface area contributed by atoms with Crippen LogP contribution >= 0.6 is 12.4 Å². The second-order valence-electron chi connectivity index (χ2n) is 5.79. The van der Waals surface area contributed by atoms with E-state index in [0.29, 0.717) is 18.1 Å². The van der Waals surface area contributed by atoms with Crippen LogP contribution in [0.15, 0.2) is 0 Å². The SMILES string of the molecule is CC(C)N1C2CCC1CN(C(=O)[C@@H](C)N)CC2.Cl. The molecule has 0 spiro atoms. The summed E-state index contributed by atoms with van der Waals surface area (Å²) in [6.45, 7) is 8.05. The van der Waals surface area contributed by atoms with Gasteiger partial charge in [0.15, 0.2) is 0 Å². The smallest absolute Gasteiger partial charge is 0.239 e. The lowest BCUT2D eigenvalue weighted by atomic mass is 10.1. The van der Waals surface area contributed by atoms with Crippen LogP contribution in [0.25, 0.3) is 0 Å². The van der Waals surface area contributed by atoms with Crippen molar-refractivity contribution < 1.29 is 4.79 Å². The summed E-state index contributed by atoms with van der Waals surface area (Å²) in [5.41, 5.74) is 5.71. The first-order valence-corrected chi connectivity index (χ1v) is 6.82. The average Bonchev–Trinajstić information content (AvgIpc) is 2.52. The summed E-state index contributed by atoms with van der Waals surface area (Å²) in [6, 6.07) is 1.44. The molecule has 0 aromatic heterocycles. The molecule has 0 aromatic rings. The first kappa shape index (κ1) is 15.7. The highest BCUT2D eigenvalue weighted by Gasteiger charge is 2.39. The van der Waals surface area contributed by atoms with Crippen LogP contribution < -0.4 is 5.73 Å². The van der Waals surface area contributed by atoms with Crippen LogP contribution in [0.4, 0.5) is 0 Å². The molecule has 2 saturated heterocycles. The molecule has 2 N–H and O–H groups in total. The van der Waals surface area contributed by atoms with Crippen molar-refractivity contribution >= 4 is 18.3 Å². The Bertz CT molecular complexity index is 296. The Morgan fingerprint density at radius 1 is 1.17 bits per heavy atom. The van der Waals surface area contributed by atoms with Gasteiger partial charge in [0.1, 0.15) is 0 Å². The third-order valence-electron chi connectivity index (χ3n) is 4.14. The molecule has 0 aliphatic carbocycles. The standard InChI is InChI=1S/C13H25N3O.ClH/c1-9(2)16-11-4-5-12(16)8-15(7-6-11)13(17)10(3)14;/h9-12H,4-8,14H2,1-3H3;1H/t10-,11?,12?;/m1./s1. The monoisotopic (exact) mass is 275 g/mol. The Labute approximate surface area is 116 Å². The Hall–Kier alpha value is -0.320. The summed E-state index contributed by atoms with van der Waals surface area (Å²) >= 11 is 0. The maximum absolute atomic E-state index is 12.0. The summed E-state index contributed by atoms with van der Waals surface area (Å²) in [5, 5.41) is 0. The lowest BCUT2D eigenvalue weighted by Crippen LogP contribution is -2.47. The highest BCUT2D eigenvalue weighted by molar-refractivity contribution is 5.85. The number of rotatable bonds is 2. The second-order valence-corrected chi connectivity index (χ2v) is 5.79. The molecule has 5 heteroatoms. The van der Waals surface area contributed by atoms with Crippen LogP contribution in [0, 0.1) is 0 Å². The van der Waals surface area contributed by atoms with Crippen LogP contribution in [0.3, 0.4) is 0 Å². The lowest BCUT2D eigenvalue weighted by molar-refractivity contribution is -0.132. The summed E-state index contributed by atoms with van der Waals surface area (Å²) in [5.74, 6) is 0.112. The minimum Gasteiger partial charge on any atom is -0.340 e. The van der Waals surface area contributed by atoms with Gasteiger partial charge in [-0.1, -0.05) is 0 Å². The van der Waals surface area contributed by atoms with E-state index in [9.17, 15) is 4.79 Å². The molecule has 2 bridgehead atoms. The topological polar surface area (TPSA) is 49.6 Å². The molecule has 2 unspecified atom stereocenters. The first-order valence-electron chi connectivity index (χ1n) is 6.82. The third kappa shape index (κ3) is 2.98. The van der Waals surface area contributed by atoms with E-state index >= 15 is 0 Å². The summed E-state index contributed by atoms with van der Waals surface area (Å²) in [7, 11) is 0. The van der Waals surface area contributed by atoms with Crippen molar-refractivity contribution in [3.8, 4) is 0 Å². The number of carbonyl (C=O) groups is 1. The number of nitrogens with zero attached hydrogens (tertiary/aromatic N) is 2. The zero-order valence-electron chi connectivity index (χ0n) is 11.6. The Morgan fingerprint density at radius 2 is 1.78 bits per heavy atom. The van der Waals surface area contributed by atoms with E-state index in [4.69, 9.17) is 5.73 Å². The molecule has 2 aliphatic heterocycles. The predicted octanol–water partition coefficient (Wildman–Crippen LogP) is 1.23. The van der Waals surface area contributed by atoms with Crippen LogP contribution in [-0.2, 0) is 4.79 Å². The Morgan fingerprint density at radius 3 is 2.33 bits per heavy atom. The van der Waals surface area contributed by atoms with E-state index in [1.807, 2.05) is 4.90 Å². The molecule has 2 aliphatic rings. The zero-order chi connectivity index (χ0) is 12.6. The lowest BCUT2D eigenvalue weighted by Gasteiger charge is -2.32. The highest BCUT2D eigenvalue weighted by Crippen LogP contribution is 2.32. The maximum Gasteiger partial charge on any atom is 0.239 e. The molecule has 0 radical (unpaired) electrons. The minimum atomic E-state index is -0.362. The van der Waals surface area contributed by atoms with Crippen LogP contribution in [0.1, 0.15) is 40.0 Å². The van der Waals surface area contributed by atoms with Gasteiger partial charge in [-0.3, -0.25) is 9.69 Å². The van der Waals surface area contributed by atoms with Crippen molar-refractivity contribution in [3.63, 3.8) is 0 Å². The van der Waals surface area contributed by atoms with Gasteiger partial charge in [0.05, 0.1) is 6.04 Å². The third-order valence-corrected chi connectivity index (χ3v) is 4.14. The van der Waals surface area contributed by atoms with Gasteiger partial charge in [-0.25, -0.2) is 0 Å². The van der Waals surface area contributed by atoms with Crippen LogP contribution in [-0.4, -0.2) is 53.0 Å². The van der Waals surface area contributed by atoms with Crippen LogP contribution in [0.5, 0.6) is 0 Å². The highest BCUT2D eigenvalue weighted by atomic mass is 35.5. The van der Waals surface area contributed by atoms with Gasteiger partial charge in [0, 0.05) is 31.2 Å². The number of halogens is 1. The van der Waals surface area contributed by atoms with E-state index in [1.54, 1.807) is 6.92 Å². The van der Waals surface area contributed by atoms with Gasteiger partial charge in [-0.05, 0) is 40.0 Å². The first-order chi connectivity index (χ1) is 8.00. The number of hydrogen-bond acceptors (Lipinski definition) is 3. The molecule has 106 valence electrons. The van der Waals surface area contributed by atoms with Crippen molar-refractivity contribution in [1.29, 1.82) is 0 Å². The predicted molar refractivity (Wildman–Crippen MR) is 75.9 cm³/mol. The number of fused-ring (bicyclic) bond motifs is 2. The van der Waals surface area contributed by atoms with Crippen LogP contribution in [0.2, 0.25) is 0 Å². The van der Waals surface area contributed by atoms with Gasteiger partial charge in [0.25, 0.3) is 0 Å². The fraction of sp³-hybridized carbons (Fsp3) is 0.923. The number of likely N-dealkylation sites (tertiary alicyclic amines) is 1. The molecule has 2 fully saturated rings. The zero-order valence-corrected chi connectivity index (χ0v) is 12.4. The normalized spacial score (nSPS) is 29.9. The number of nitrogens with two attached hydrogens (primary N) is 1. The van der Waals surface area contributed by atoms with Gasteiger partial charge >= 0.3 is 0 Å². The van der Waals surface area contributed by atoms with E-state index in [0.717, 1.165) is 19.5 Å². The Balaban J connectivity index is 0.00000162. The molecule has 4 nitrogen and oxygen atoms in total. The quantitative estimate of drug-likeness (QED) is 0.825. The van der Waals surface area contributed by atoms with Gasteiger partial charge < -0.3 is 10.6 Å².